The first-order chi connectivity index (χ1) is 12.2. The van der Waals surface area contributed by atoms with E-state index in [9.17, 15) is 4.79 Å². The van der Waals surface area contributed by atoms with E-state index in [0.29, 0.717) is 5.92 Å². The summed E-state index contributed by atoms with van der Waals surface area (Å²) in [5.41, 5.74) is 1.26. The van der Waals surface area contributed by atoms with Crippen LogP contribution in [-0.2, 0) is 0 Å². The van der Waals surface area contributed by atoms with Crippen molar-refractivity contribution in [3.05, 3.63) is 11.1 Å². The number of aromatic nitrogens is 1. The van der Waals surface area contributed by atoms with E-state index in [1.165, 1.54) is 76.3 Å². The zero-order valence-electron chi connectivity index (χ0n) is 14.9. The topological polar surface area (TPSA) is 54.0 Å². The Morgan fingerprint density at radius 2 is 1.68 bits per heavy atom. The molecule has 5 fully saturated rings. The van der Waals surface area contributed by atoms with Crippen LogP contribution in [-0.4, -0.2) is 16.6 Å². The third-order valence-corrected chi connectivity index (χ3v) is 7.96. The van der Waals surface area contributed by atoms with Crippen LogP contribution < -0.4 is 10.6 Å². The Hall–Kier alpha value is -1.10. The second-order valence-electron chi connectivity index (χ2n) is 9.19. The van der Waals surface area contributed by atoms with Crippen LogP contribution in [0, 0.1) is 17.8 Å². The Labute approximate surface area is 154 Å². The monoisotopic (exact) mass is 359 g/mol. The predicted octanol–water partition coefficient (Wildman–Crippen LogP) is 5.28. The van der Waals surface area contributed by atoms with Gasteiger partial charge in [0.25, 0.3) is 0 Å². The lowest BCUT2D eigenvalue weighted by Crippen LogP contribution is -2.60. The summed E-state index contributed by atoms with van der Waals surface area (Å²) in [6.45, 7) is 0. The van der Waals surface area contributed by atoms with Crippen LogP contribution in [0.5, 0.6) is 0 Å². The fourth-order valence-electron chi connectivity index (χ4n) is 6.56. The standard InChI is InChI=1S/C20H29N3OS/c24-18(22-19-21-17(12-25-19)16-4-2-1-3-5-16)23-20-9-13-6-14(10-20)8-15(7-13)11-20/h12-16H,1-11H2,(H2,21,22,23,24). The van der Waals surface area contributed by atoms with Crippen LogP contribution in [0.3, 0.4) is 0 Å². The normalized spacial score (nSPS) is 37.2. The summed E-state index contributed by atoms with van der Waals surface area (Å²) >= 11 is 1.58. The van der Waals surface area contributed by atoms with E-state index >= 15 is 0 Å². The van der Waals surface area contributed by atoms with E-state index in [-0.39, 0.29) is 11.6 Å². The van der Waals surface area contributed by atoms with Crippen molar-refractivity contribution in [1.82, 2.24) is 10.3 Å². The van der Waals surface area contributed by atoms with Crippen LogP contribution in [0.25, 0.3) is 0 Å². The van der Waals surface area contributed by atoms with Gasteiger partial charge in [-0.05, 0) is 69.1 Å². The second-order valence-corrected chi connectivity index (χ2v) is 10.0. The van der Waals surface area contributed by atoms with Gasteiger partial charge in [0.15, 0.2) is 5.13 Å². The van der Waals surface area contributed by atoms with Crippen molar-refractivity contribution < 1.29 is 4.79 Å². The number of hydrogen-bond acceptors (Lipinski definition) is 3. The molecular weight excluding hydrogens is 330 g/mol. The summed E-state index contributed by atoms with van der Waals surface area (Å²) in [5.74, 6) is 3.16. The molecule has 2 N–H and O–H groups in total. The molecule has 0 atom stereocenters. The lowest BCUT2D eigenvalue weighted by molar-refractivity contribution is -0.0127. The van der Waals surface area contributed by atoms with E-state index in [1.807, 2.05) is 0 Å². The van der Waals surface area contributed by atoms with E-state index < -0.39 is 0 Å². The molecule has 25 heavy (non-hydrogen) atoms. The minimum atomic E-state index is -0.0357. The molecule has 0 aliphatic heterocycles. The number of hydrogen-bond donors (Lipinski definition) is 2. The molecule has 0 unspecified atom stereocenters. The van der Waals surface area contributed by atoms with E-state index in [0.717, 1.165) is 22.9 Å². The van der Waals surface area contributed by atoms with Gasteiger partial charge in [0.05, 0.1) is 5.69 Å². The first kappa shape index (κ1) is 16.1. The molecule has 4 bridgehead atoms. The summed E-state index contributed by atoms with van der Waals surface area (Å²) in [7, 11) is 0. The van der Waals surface area contributed by atoms with Crippen LogP contribution in [0.2, 0.25) is 0 Å². The lowest BCUT2D eigenvalue weighted by atomic mass is 9.53. The molecule has 0 aromatic carbocycles. The average molecular weight is 360 g/mol. The molecule has 0 saturated heterocycles. The fraction of sp³-hybridized carbons (Fsp3) is 0.800. The van der Waals surface area contributed by atoms with E-state index in [4.69, 9.17) is 4.98 Å². The Morgan fingerprint density at radius 1 is 1.04 bits per heavy atom. The zero-order chi connectivity index (χ0) is 16.9. The van der Waals surface area contributed by atoms with Crippen LogP contribution in [0.1, 0.15) is 82.2 Å². The number of anilines is 1. The lowest BCUT2D eigenvalue weighted by Gasteiger charge is -2.56. The fourth-order valence-corrected chi connectivity index (χ4v) is 7.35. The SMILES string of the molecule is O=C(Nc1nc(C2CCCCC2)cs1)NC12CC3CC(CC(C3)C1)C2. The first-order valence-electron chi connectivity index (χ1n) is 10.2. The minimum absolute atomic E-state index is 0.0357. The minimum Gasteiger partial charge on any atom is -0.332 e. The molecule has 0 spiro atoms. The number of nitrogens with zero attached hydrogens (tertiary/aromatic N) is 1. The van der Waals surface area contributed by atoms with Gasteiger partial charge in [0.1, 0.15) is 0 Å². The molecule has 136 valence electrons. The molecule has 4 nitrogen and oxygen atoms in total. The maximum absolute atomic E-state index is 12.6. The second kappa shape index (κ2) is 6.26. The Bertz CT molecular complexity index is 614. The number of carbonyl (C=O) groups excluding carboxylic acids is 1. The number of thiazole rings is 1. The Balaban J connectivity index is 1.22. The molecule has 5 saturated carbocycles. The maximum Gasteiger partial charge on any atom is 0.321 e. The number of urea groups is 1. The maximum atomic E-state index is 12.6. The largest absolute Gasteiger partial charge is 0.332 e. The van der Waals surface area contributed by atoms with Crippen molar-refractivity contribution in [2.24, 2.45) is 17.8 Å². The van der Waals surface area contributed by atoms with Gasteiger partial charge < -0.3 is 5.32 Å². The molecule has 0 radical (unpaired) electrons. The van der Waals surface area contributed by atoms with Crippen molar-refractivity contribution in [1.29, 1.82) is 0 Å². The molecule has 5 aliphatic carbocycles. The highest BCUT2D eigenvalue weighted by molar-refractivity contribution is 7.13. The van der Waals surface area contributed by atoms with Gasteiger partial charge in [0, 0.05) is 16.8 Å². The zero-order valence-corrected chi connectivity index (χ0v) is 15.7. The first-order valence-corrected chi connectivity index (χ1v) is 11.1. The van der Waals surface area contributed by atoms with Gasteiger partial charge in [-0.25, -0.2) is 9.78 Å². The molecular formula is C20H29N3OS. The van der Waals surface area contributed by atoms with Crippen molar-refractivity contribution in [3.8, 4) is 0 Å². The Kier molecular flexibility index (Phi) is 4.03. The summed E-state index contributed by atoms with van der Waals surface area (Å²) < 4.78 is 0. The van der Waals surface area contributed by atoms with Crippen molar-refractivity contribution in [2.75, 3.05) is 5.32 Å². The predicted molar refractivity (Wildman–Crippen MR) is 101 cm³/mol. The highest BCUT2D eigenvalue weighted by Gasteiger charge is 2.51. The van der Waals surface area contributed by atoms with Gasteiger partial charge >= 0.3 is 6.03 Å². The number of rotatable bonds is 3. The molecule has 1 heterocycles. The molecule has 1 aromatic heterocycles. The smallest absolute Gasteiger partial charge is 0.321 e. The van der Waals surface area contributed by atoms with Crippen molar-refractivity contribution in [3.63, 3.8) is 0 Å². The summed E-state index contributed by atoms with van der Waals surface area (Å²) in [6, 6.07) is -0.0357. The molecule has 2 amide bonds. The summed E-state index contributed by atoms with van der Waals surface area (Å²) in [5, 5.41) is 9.33. The van der Waals surface area contributed by atoms with Crippen LogP contribution in [0.15, 0.2) is 5.38 Å². The van der Waals surface area contributed by atoms with Gasteiger partial charge in [-0.1, -0.05) is 19.3 Å². The molecule has 6 rings (SSSR count). The van der Waals surface area contributed by atoms with Crippen molar-refractivity contribution >= 4 is 22.5 Å². The number of carbonyl (C=O) groups is 1. The third-order valence-electron chi connectivity index (χ3n) is 7.18. The summed E-state index contributed by atoms with van der Waals surface area (Å²) in [4.78, 5) is 17.3. The molecule has 5 aliphatic rings. The van der Waals surface area contributed by atoms with Crippen LogP contribution in [0.4, 0.5) is 9.93 Å². The number of nitrogens with one attached hydrogen (secondary N) is 2. The van der Waals surface area contributed by atoms with Crippen LogP contribution >= 0.6 is 11.3 Å². The number of amides is 2. The highest BCUT2D eigenvalue weighted by Crippen LogP contribution is 2.55. The molecule has 1 aromatic rings. The van der Waals surface area contributed by atoms with Crippen molar-refractivity contribution in [2.45, 2.75) is 82.1 Å². The quantitative estimate of drug-likeness (QED) is 0.771. The average Bonchev–Trinajstić information content (AvgIpc) is 3.02. The Morgan fingerprint density at radius 3 is 2.32 bits per heavy atom. The van der Waals surface area contributed by atoms with Gasteiger partial charge in [-0.15, -0.1) is 11.3 Å². The molecule has 5 heteroatoms. The highest BCUT2D eigenvalue weighted by atomic mass is 32.1. The van der Waals surface area contributed by atoms with E-state index in [2.05, 4.69) is 16.0 Å². The van der Waals surface area contributed by atoms with Gasteiger partial charge in [-0.3, -0.25) is 5.32 Å². The van der Waals surface area contributed by atoms with Gasteiger partial charge in [-0.2, -0.15) is 0 Å². The van der Waals surface area contributed by atoms with E-state index in [1.54, 1.807) is 11.3 Å². The third kappa shape index (κ3) is 3.20. The summed E-state index contributed by atoms with van der Waals surface area (Å²) in [6.07, 6.45) is 14.3. The van der Waals surface area contributed by atoms with Gasteiger partial charge in [0.2, 0.25) is 0 Å².